The molecule has 2 aromatic heterocycles. The Hall–Kier alpha value is -2.04. The first-order valence-electron chi connectivity index (χ1n) is 3.73. The molecule has 0 amide bonds. The van der Waals surface area contributed by atoms with Crippen LogP contribution in [0.3, 0.4) is 0 Å². The molecule has 2 aromatic rings. The van der Waals surface area contributed by atoms with Crippen LogP contribution in [0.2, 0.25) is 0 Å². The third kappa shape index (κ3) is 1.10. The molecule has 5 nitrogen and oxygen atoms in total. The van der Waals surface area contributed by atoms with Crippen LogP contribution < -0.4 is 5.73 Å². The lowest BCUT2D eigenvalue weighted by Crippen LogP contribution is -2.13. The molecule has 2 rings (SSSR count). The van der Waals surface area contributed by atoms with Crippen molar-refractivity contribution in [1.82, 2.24) is 9.97 Å². The van der Waals surface area contributed by atoms with E-state index in [1.54, 1.807) is 18.5 Å². The van der Waals surface area contributed by atoms with Gasteiger partial charge in [-0.15, -0.1) is 0 Å². The SMILES string of the molecule is N/C(=N\O)c1ccnc2[nH]ccc12. The zero-order chi connectivity index (χ0) is 9.26. The molecule has 0 bridgehead atoms. The van der Waals surface area contributed by atoms with Gasteiger partial charge >= 0.3 is 0 Å². The Morgan fingerprint density at radius 1 is 1.54 bits per heavy atom. The van der Waals surface area contributed by atoms with Crippen molar-refractivity contribution in [2.24, 2.45) is 10.9 Å². The number of H-pyrrole nitrogens is 1. The highest BCUT2D eigenvalue weighted by Crippen LogP contribution is 2.14. The molecule has 5 heteroatoms. The zero-order valence-electron chi connectivity index (χ0n) is 6.73. The largest absolute Gasteiger partial charge is 0.409 e. The lowest BCUT2D eigenvalue weighted by molar-refractivity contribution is 0.318. The lowest BCUT2D eigenvalue weighted by Gasteiger charge is -1.98. The lowest BCUT2D eigenvalue weighted by atomic mass is 10.2. The number of hydrogen-bond acceptors (Lipinski definition) is 3. The van der Waals surface area contributed by atoms with Crippen LogP contribution in [0.15, 0.2) is 29.7 Å². The summed E-state index contributed by atoms with van der Waals surface area (Å²) in [6.45, 7) is 0. The van der Waals surface area contributed by atoms with Gasteiger partial charge in [-0.3, -0.25) is 0 Å². The van der Waals surface area contributed by atoms with Crippen molar-refractivity contribution in [1.29, 1.82) is 0 Å². The maximum Gasteiger partial charge on any atom is 0.170 e. The van der Waals surface area contributed by atoms with Crippen LogP contribution in [0.1, 0.15) is 5.56 Å². The van der Waals surface area contributed by atoms with Gasteiger partial charge in [0, 0.05) is 23.3 Å². The van der Waals surface area contributed by atoms with Gasteiger partial charge in [0.05, 0.1) is 0 Å². The fourth-order valence-corrected chi connectivity index (χ4v) is 1.24. The van der Waals surface area contributed by atoms with E-state index in [0.29, 0.717) is 5.56 Å². The molecule has 4 N–H and O–H groups in total. The Kier molecular flexibility index (Phi) is 1.63. The van der Waals surface area contributed by atoms with Crippen LogP contribution in [0.5, 0.6) is 0 Å². The molecular formula is C8H8N4O. The van der Waals surface area contributed by atoms with Gasteiger partial charge in [0.15, 0.2) is 5.84 Å². The fourth-order valence-electron chi connectivity index (χ4n) is 1.24. The highest BCUT2D eigenvalue weighted by atomic mass is 16.4. The quantitative estimate of drug-likeness (QED) is 0.258. The minimum Gasteiger partial charge on any atom is -0.409 e. The highest BCUT2D eigenvalue weighted by Gasteiger charge is 2.05. The summed E-state index contributed by atoms with van der Waals surface area (Å²) in [7, 11) is 0. The number of nitrogens with zero attached hydrogens (tertiary/aromatic N) is 2. The average molecular weight is 176 g/mol. The predicted molar refractivity (Wildman–Crippen MR) is 48.6 cm³/mol. The van der Waals surface area contributed by atoms with Crippen molar-refractivity contribution < 1.29 is 5.21 Å². The molecule has 0 atom stereocenters. The summed E-state index contributed by atoms with van der Waals surface area (Å²) in [5, 5.41) is 12.3. The first-order chi connectivity index (χ1) is 6.33. The minimum atomic E-state index is 0.0898. The molecule has 66 valence electrons. The number of aromatic amines is 1. The van der Waals surface area contributed by atoms with Crippen LogP contribution in [-0.2, 0) is 0 Å². The van der Waals surface area contributed by atoms with Gasteiger partial charge in [0.2, 0.25) is 0 Å². The van der Waals surface area contributed by atoms with Crippen molar-refractivity contribution >= 4 is 16.9 Å². The van der Waals surface area contributed by atoms with E-state index in [9.17, 15) is 0 Å². The number of hydrogen-bond donors (Lipinski definition) is 3. The number of oxime groups is 1. The Balaban J connectivity index is 2.75. The van der Waals surface area contributed by atoms with Gasteiger partial charge < -0.3 is 15.9 Å². The van der Waals surface area contributed by atoms with Gasteiger partial charge in [-0.1, -0.05) is 5.16 Å². The fraction of sp³-hybridized carbons (Fsp3) is 0. The summed E-state index contributed by atoms with van der Waals surface area (Å²) in [6.07, 6.45) is 3.36. The van der Waals surface area contributed by atoms with Gasteiger partial charge in [-0.25, -0.2) is 4.98 Å². The Bertz CT molecular complexity index is 460. The molecular weight excluding hydrogens is 168 g/mol. The second-order valence-corrected chi connectivity index (χ2v) is 2.58. The van der Waals surface area contributed by atoms with Crippen molar-refractivity contribution in [3.05, 3.63) is 30.1 Å². The van der Waals surface area contributed by atoms with Crippen molar-refractivity contribution in [3.63, 3.8) is 0 Å². The standard InChI is InChI=1S/C8H8N4O/c9-7(12-13)5-1-3-10-8-6(5)2-4-11-8/h1-4,13H,(H2,9,12)(H,10,11). The second kappa shape index (κ2) is 2.78. The molecule has 0 unspecified atom stereocenters. The Morgan fingerprint density at radius 3 is 3.15 bits per heavy atom. The van der Waals surface area contributed by atoms with E-state index < -0.39 is 0 Å². The van der Waals surface area contributed by atoms with E-state index in [2.05, 4.69) is 15.1 Å². The monoisotopic (exact) mass is 176 g/mol. The van der Waals surface area contributed by atoms with E-state index >= 15 is 0 Å². The van der Waals surface area contributed by atoms with Crippen LogP contribution >= 0.6 is 0 Å². The number of pyridine rings is 1. The molecule has 0 radical (unpaired) electrons. The molecule has 0 saturated heterocycles. The van der Waals surface area contributed by atoms with Crippen molar-refractivity contribution in [2.45, 2.75) is 0 Å². The predicted octanol–water partition coefficient (Wildman–Crippen LogP) is 0.657. The van der Waals surface area contributed by atoms with Gasteiger partial charge in [-0.05, 0) is 12.1 Å². The molecule has 0 saturated carbocycles. The third-order valence-electron chi connectivity index (χ3n) is 1.84. The first kappa shape index (κ1) is 7.60. The summed E-state index contributed by atoms with van der Waals surface area (Å²) in [5.74, 6) is 0.0898. The minimum absolute atomic E-state index is 0.0898. The molecule has 0 aromatic carbocycles. The first-order valence-corrected chi connectivity index (χ1v) is 3.73. The summed E-state index contributed by atoms with van der Waals surface area (Å²) >= 11 is 0. The maximum atomic E-state index is 8.52. The van der Waals surface area contributed by atoms with Crippen LogP contribution in [0, 0.1) is 0 Å². The summed E-state index contributed by atoms with van der Waals surface area (Å²) < 4.78 is 0. The van der Waals surface area contributed by atoms with E-state index in [-0.39, 0.29) is 5.84 Å². The maximum absolute atomic E-state index is 8.52. The van der Waals surface area contributed by atoms with Crippen LogP contribution in [0.25, 0.3) is 11.0 Å². The van der Waals surface area contributed by atoms with Gasteiger partial charge in [-0.2, -0.15) is 0 Å². The molecule has 0 fully saturated rings. The number of aromatic nitrogens is 2. The highest BCUT2D eigenvalue weighted by molar-refractivity contribution is 6.07. The summed E-state index contributed by atoms with van der Waals surface area (Å²) in [6, 6.07) is 3.53. The number of fused-ring (bicyclic) bond motifs is 1. The number of nitrogens with two attached hydrogens (primary N) is 1. The molecule has 0 aliphatic rings. The number of amidine groups is 1. The Labute approximate surface area is 73.9 Å². The second-order valence-electron chi connectivity index (χ2n) is 2.58. The van der Waals surface area contributed by atoms with E-state index in [1.165, 1.54) is 0 Å². The number of rotatable bonds is 1. The molecule has 0 aliphatic carbocycles. The van der Waals surface area contributed by atoms with Crippen molar-refractivity contribution in [2.75, 3.05) is 0 Å². The van der Waals surface area contributed by atoms with E-state index in [0.717, 1.165) is 11.0 Å². The molecule has 0 spiro atoms. The third-order valence-corrected chi connectivity index (χ3v) is 1.84. The molecule has 13 heavy (non-hydrogen) atoms. The van der Waals surface area contributed by atoms with E-state index in [1.807, 2.05) is 6.07 Å². The molecule has 2 heterocycles. The average Bonchev–Trinajstić information content (AvgIpc) is 2.63. The van der Waals surface area contributed by atoms with E-state index in [4.69, 9.17) is 10.9 Å². The molecule has 0 aliphatic heterocycles. The topological polar surface area (TPSA) is 87.3 Å². The van der Waals surface area contributed by atoms with Crippen molar-refractivity contribution in [3.8, 4) is 0 Å². The number of nitrogens with one attached hydrogen (secondary N) is 1. The van der Waals surface area contributed by atoms with Crippen LogP contribution in [-0.4, -0.2) is 21.0 Å². The Morgan fingerprint density at radius 2 is 2.38 bits per heavy atom. The zero-order valence-corrected chi connectivity index (χ0v) is 6.73. The van der Waals surface area contributed by atoms with Gasteiger partial charge in [0.25, 0.3) is 0 Å². The summed E-state index contributed by atoms with van der Waals surface area (Å²) in [5.41, 5.74) is 6.88. The van der Waals surface area contributed by atoms with Gasteiger partial charge in [0.1, 0.15) is 5.65 Å². The van der Waals surface area contributed by atoms with Crippen LogP contribution in [0.4, 0.5) is 0 Å². The summed E-state index contributed by atoms with van der Waals surface area (Å²) in [4.78, 5) is 7.01. The smallest absolute Gasteiger partial charge is 0.170 e. The normalized spacial score (nSPS) is 12.2.